The molecule has 17 heavy (non-hydrogen) atoms. The molecule has 0 spiro atoms. The lowest BCUT2D eigenvalue weighted by molar-refractivity contribution is 1.19. The summed E-state index contributed by atoms with van der Waals surface area (Å²) in [6.07, 6.45) is 1.88. The summed E-state index contributed by atoms with van der Waals surface area (Å²) >= 11 is 1.54. The van der Waals surface area contributed by atoms with Crippen molar-refractivity contribution in [1.29, 1.82) is 5.26 Å². The molecule has 0 amide bonds. The van der Waals surface area contributed by atoms with E-state index in [-0.39, 0.29) is 0 Å². The van der Waals surface area contributed by atoms with Crippen LogP contribution in [0.3, 0.4) is 0 Å². The van der Waals surface area contributed by atoms with Crippen LogP contribution in [0.25, 0.3) is 16.2 Å². The lowest BCUT2D eigenvalue weighted by atomic mass is 10.1. The summed E-state index contributed by atoms with van der Waals surface area (Å²) in [7, 11) is 0. The monoisotopic (exact) mass is 239 g/mol. The zero-order chi connectivity index (χ0) is 11.8. The van der Waals surface area contributed by atoms with Gasteiger partial charge in [0.1, 0.15) is 11.8 Å². The van der Waals surface area contributed by atoms with Gasteiger partial charge in [0.2, 0.25) is 0 Å². The third-order valence-electron chi connectivity index (χ3n) is 2.69. The summed E-state index contributed by atoms with van der Waals surface area (Å²) < 4.78 is 1.83. The van der Waals surface area contributed by atoms with E-state index in [0.717, 1.165) is 16.2 Å². The van der Waals surface area contributed by atoms with E-state index in [4.69, 9.17) is 0 Å². The predicted molar refractivity (Wildman–Crippen MR) is 68.0 cm³/mol. The maximum absolute atomic E-state index is 9.23. The fourth-order valence-electron chi connectivity index (χ4n) is 1.81. The first-order chi connectivity index (χ1) is 8.29. The molecule has 0 aliphatic rings. The summed E-state index contributed by atoms with van der Waals surface area (Å²) in [4.78, 5) is 5.36. The summed E-state index contributed by atoms with van der Waals surface area (Å²) in [6.45, 7) is 2.04. The Kier molecular flexibility index (Phi) is 2.20. The molecular formula is C13H9N3S. The van der Waals surface area contributed by atoms with Gasteiger partial charge >= 0.3 is 0 Å². The van der Waals surface area contributed by atoms with Gasteiger partial charge in [0.25, 0.3) is 0 Å². The number of hydrogen-bond donors (Lipinski definition) is 0. The van der Waals surface area contributed by atoms with Crippen molar-refractivity contribution in [2.45, 2.75) is 6.92 Å². The molecule has 0 unspecified atom stereocenters. The predicted octanol–water partition coefficient (Wildman–Crippen LogP) is 3.24. The average molecular weight is 239 g/mol. The number of thiazole rings is 1. The summed E-state index contributed by atoms with van der Waals surface area (Å²) in [5, 5.41) is 11.2. The molecule has 2 heterocycles. The second-order valence-corrected chi connectivity index (χ2v) is 4.72. The van der Waals surface area contributed by atoms with Crippen molar-refractivity contribution in [3.8, 4) is 17.3 Å². The van der Waals surface area contributed by atoms with Crippen molar-refractivity contribution >= 4 is 16.3 Å². The molecule has 3 aromatic rings. The van der Waals surface area contributed by atoms with E-state index in [9.17, 15) is 5.26 Å². The number of imidazole rings is 1. The number of fused-ring (bicyclic) bond motifs is 1. The first-order valence-electron chi connectivity index (χ1n) is 5.22. The number of benzene rings is 1. The number of nitriles is 1. The molecule has 0 aliphatic carbocycles. The minimum absolute atomic E-state index is 0.602. The highest BCUT2D eigenvalue weighted by Crippen LogP contribution is 2.26. The molecule has 82 valence electrons. The van der Waals surface area contributed by atoms with Gasteiger partial charge in [-0.2, -0.15) is 5.26 Å². The van der Waals surface area contributed by atoms with E-state index in [0.29, 0.717) is 5.69 Å². The Bertz CT molecular complexity index is 713. The number of hydrogen-bond acceptors (Lipinski definition) is 3. The van der Waals surface area contributed by atoms with Gasteiger partial charge in [-0.3, -0.25) is 4.40 Å². The number of nitrogens with zero attached hydrogens (tertiary/aromatic N) is 3. The molecule has 3 rings (SSSR count). The summed E-state index contributed by atoms with van der Waals surface area (Å²) in [6, 6.07) is 10.3. The molecule has 0 fully saturated rings. The highest BCUT2D eigenvalue weighted by Gasteiger charge is 2.13. The molecule has 0 radical (unpaired) electrons. The molecule has 0 N–H and O–H groups in total. The van der Waals surface area contributed by atoms with Gasteiger partial charge in [0.05, 0.1) is 0 Å². The van der Waals surface area contributed by atoms with Crippen LogP contribution in [0.2, 0.25) is 0 Å². The highest BCUT2D eigenvalue weighted by atomic mass is 32.1. The van der Waals surface area contributed by atoms with Crippen LogP contribution in [0.5, 0.6) is 0 Å². The van der Waals surface area contributed by atoms with Crippen molar-refractivity contribution in [3.63, 3.8) is 0 Å². The van der Waals surface area contributed by atoms with Crippen LogP contribution in [0.4, 0.5) is 0 Å². The first-order valence-corrected chi connectivity index (χ1v) is 6.10. The van der Waals surface area contributed by atoms with Crippen LogP contribution in [-0.2, 0) is 0 Å². The van der Waals surface area contributed by atoms with Crippen molar-refractivity contribution in [2.75, 3.05) is 0 Å². The van der Waals surface area contributed by atoms with Crippen molar-refractivity contribution in [1.82, 2.24) is 9.38 Å². The molecule has 0 saturated carbocycles. The van der Waals surface area contributed by atoms with Gasteiger partial charge in [-0.05, 0) is 6.92 Å². The minimum atomic E-state index is 0.602. The largest absolute Gasteiger partial charge is 0.281 e. The second-order valence-electron chi connectivity index (χ2n) is 3.84. The zero-order valence-corrected chi connectivity index (χ0v) is 10.0. The lowest BCUT2D eigenvalue weighted by Gasteiger charge is -1.98. The van der Waals surface area contributed by atoms with E-state index in [1.165, 1.54) is 16.9 Å². The lowest BCUT2D eigenvalue weighted by Crippen LogP contribution is -1.86. The molecule has 0 aliphatic heterocycles. The van der Waals surface area contributed by atoms with E-state index in [1.54, 1.807) is 0 Å². The normalized spacial score (nSPS) is 10.6. The van der Waals surface area contributed by atoms with Crippen molar-refractivity contribution < 1.29 is 0 Å². The van der Waals surface area contributed by atoms with E-state index in [2.05, 4.69) is 11.1 Å². The van der Waals surface area contributed by atoms with Gasteiger partial charge in [0.15, 0.2) is 10.7 Å². The minimum Gasteiger partial charge on any atom is -0.281 e. The van der Waals surface area contributed by atoms with Crippen LogP contribution < -0.4 is 0 Å². The number of rotatable bonds is 1. The topological polar surface area (TPSA) is 41.1 Å². The fourth-order valence-corrected chi connectivity index (χ4v) is 2.52. The number of aryl methyl sites for hydroxylation is 1. The molecule has 2 aromatic heterocycles. The summed E-state index contributed by atoms with van der Waals surface area (Å²) in [5.74, 6) is 0. The van der Waals surface area contributed by atoms with Gasteiger partial charge in [0, 0.05) is 17.1 Å². The Morgan fingerprint density at radius 2 is 2.06 bits per heavy atom. The molecular weight excluding hydrogens is 230 g/mol. The van der Waals surface area contributed by atoms with Crippen LogP contribution in [0.1, 0.15) is 11.3 Å². The fraction of sp³-hybridized carbons (Fsp3) is 0.0769. The first kappa shape index (κ1) is 10.1. The third-order valence-corrected chi connectivity index (χ3v) is 3.45. The molecule has 3 nitrogen and oxygen atoms in total. The highest BCUT2D eigenvalue weighted by molar-refractivity contribution is 7.15. The Morgan fingerprint density at radius 1 is 1.29 bits per heavy atom. The Labute approximate surface area is 103 Å². The zero-order valence-electron chi connectivity index (χ0n) is 9.21. The molecule has 0 atom stereocenters. The van der Waals surface area contributed by atoms with Crippen LogP contribution >= 0.6 is 11.3 Å². The van der Waals surface area contributed by atoms with Gasteiger partial charge in [-0.25, -0.2) is 4.98 Å². The van der Waals surface area contributed by atoms with Crippen LogP contribution in [0, 0.1) is 18.3 Å². The van der Waals surface area contributed by atoms with E-state index in [1.807, 2.05) is 47.2 Å². The SMILES string of the molecule is Cc1ccc(-c2nc3sccn3c2C#N)cc1. The Hall–Kier alpha value is -2.12. The molecule has 1 aromatic carbocycles. The number of aromatic nitrogens is 2. The Morgan fingerprint density at radius 3 is 2.76 bits per heavy atom. The molecule has 4 heteroatoms. The maximum Gasteiger partial charge on any atom is 0.195 e. The quantitative estimate of drug-likeness (QED) is 0.654. The van der Waals surface area contributed by atoms with Crippen LogP contribution in [0.15, 0.2) is 35.8 Å². The smallest absolute Gasteiger partial charge is 0.195 e. The van der Waals surface area contributed by atoms with Crippen molar-refractivity contribution in [3.05, 3.63) is 47.1 Å². The summed E-state index contributed by atoms with van der Waals surface area (Å²) in [5.41, 5.74) is 3.56. The molecule has 0 bridgehead atoms. The second kappa shape index (κ2) is 3.72. The maximum atomic E-state index is 9.23. The van der Waals surface area contributed by atoms with E-state index < -0.39 is 0 Å². The average Bonchev–Trinajstić information content (AvgIpc) is 2.89. The van der Waals surface area contributed by atoms with Crippen molar-refractivity contribution in [2.24, 2.45) is 0 Å². The van der Waals surface area contributed by atoms with Gasteiger partial charge in [-0.15, -0.1) is 11.3 Å². The third kappa shape index (κ3) is 1.52. The molecule has 0 saturated heterocycles. The van der Waals surface area contributed by atoms with E-state index >= 15 is 0 Å². The van der Waals surface area contributed by atoms with Crippen LogP contribution in [-0.4, -0.2) is 9.38 Å². The Balaban J connectivity index is 2.26. The van der Waals surface area contributed by atoms with Gasteiger partial charge < -0.3 is 0 Å². The van der Waals surface area contributed by atoms with Gasteiger partial charge in [-0.1, -0.05) is 29.8 Å². The standard InChI is InChI=1S/C13H9N3S/c1-9-2-4-10(5-3-9)12-11(8-14)16-6-7-17-13(16)15-12/h2-7H,1H3.